The molecule has 1 aromatic rings. The Labute approximate surface area is 116 Å². The molecule has 1 unspecified atom stereocenters. The molecule has 1 heterocycles. The third-order valence-corrected chi connectivity index (χ3v) is 3.88. The Balaban J connectivity index is 2.18. The van der Waals surface area contributed by atoms with E-state index >= 15 is 0 Å². The highest BCUT2D eigenvalue weighted by Gasteiger charge is 2.27. The second-order valence-corrected chi connectivity index (χ2v) is 6.41. The molecule has 0 saturated heterocycles. The summed E-state index contributed by atoms with van der Waals surface area (Å²) in [6.07, 6.45) is 5.59. The first-order valence-electron chi connectivity index (χ1n) is 7.36. The van der Waals surface area contributed by atoms with E-state index in [-0.39, 0.29) is 11.5 Å². The van der Waals surface area contributed by atoms with Crippen LogP contribution in [-0.4, -0.2) is 21.0 Å². The Bertz CT molecular complexity index is 471. The Morgan fingerprint density at radius 1 is 1.42 bits per heavy atom. The molecule has 1 aromatic heterocycles. The molecule has 1 aliphatic carbocycles. The Morgan fingerprint density at radius 2 is 2.16 bits per heavy atom. The van der Waals surface area contributed by atoms with Gasteiger partial charge in [-0.15, -0.1) is 0 Å². The van der Waals surface area contributed by atoms with Crippen LogP contribution in [0.5, 0.6) is 0 Å². The van der Waals surface area contributed by atoms with Crippen molar-refractivity contribution in [2.24, 2.45) is 5.41 Å². The third kappa shape index (κ3) is 3.47. The standard InChI is InChI=1S/C16H26N2O/c1-5-13-9-14(18(6-2)17-13)7-12-8-15(19)11-16(3,4)10-12/h8-9,15,19H,5-7,10-11H2,1-4H3. The zero-order valence-electron chi connectivity index (χ0n) is 12.6. The number of aliphatic hydroxyl groups excluding tert-OH is 1. The average molecular weight is 262 g/mol. The van der Waals surface area contributed by atoms with Gasteiger partial charge in [0.2, 0.25) is 0 Å². The topological polar surface area (TPSA) is 38.0 Å². The minimum Gasteiger partial charge on any atom is -0.389 e. The molecule has 0 radical (unpaired) electrons. The molecule has 0 aromatic carbocycles. The van der Waals surface area contributed by atoms with Crippen LogP contribution in [-0.2, 0) is 19.4 Å². The predicted octanol–water partition coefficient (Wildman–Crippen LogP) is 3.12. The quantitative estimate of drug-likeness (QED) is 0.847. The first-order chi connectivity index (χ1) is 8.93. The minimum atomic E-state index is -0.289. The number of nitrogens with zero attached hydrogens (tertiary/aromatic N) is 2. The zero-order valence-corrected chi connectivity index (χ0v) is 12.6. The Hall–Kier alpha value is -1.09. The predicted molar refractivity (Wildman–Crippen MR) is 78.1 cm³/mol. The fourth-order valence-electron chi connectivity index (χ4n) is 3.10. The Kier molecular flexibility index (Phi) is 4.14. The van der Waals surface area contributed by atoms with Gasteiger partial charge in [0.25, 0.3) is 0 Å². The number of aliphatic hydroxyl groups is 1. The number of allylic oxidation sites excluding steroid dienone is 1. The first-order valence-corrected chi connectivity index (χ1v) is 7.36. The van der Waals surface area contributed by atoms with Crippen molar-refractivity contribution in [2.45, 2.75) is 66.0 Å². The summed E-state index contributed by atoms with van der Waals surface area (Å²) in [5.74, 6) is 0. The number of rotatable bonds is 4. The molecule has 19 heavy (non-hydrogen) atoms. The lowest BCUT2D eigenvalue weighted by molar-refractivity contribution is 0.138. The molecule has 0 fully saturated rings. The largest absolute Gasteiger partial charge is 0.389 e. The van der Waals surface area contributed by atoms with Crippen molar-refractivity contribution in [1.82, 2.24) is 9.78 Å². The molecule has 0 spiro atoms. The van der Waals surface area contributed by atoms with E-state index in [9.17, 15) is 5.11 Å². The fraction of sp³-hybridized carbons (Fsp3) is 0.688. The second-order valence-electron chi connectivity index (χ2n) is 6.41. The lowest BCUT2D eigenvalue weighted by Gasteiger charge is -2.32. The van der Waals surface area contributed by atoms with Gasteiger partial charge in [-0.25, -0.2) is 0 Å². The molecule has 0 bridgehead atoms. The van der Waals surface area contributed by atoms with Crippen molar-refractivity contribution < 1.29 is 5.11 Å². The summed E-state index contributed by atoms with van der Waals surface area (Å²) in [6, 6.07) is 2.21. The van der Waals surface area contributed by atoms with Gasteiger partial charge >= 0.3 is 0 Å². The number of aryl methyl sites for hydroxylation is 2. The molecule has 3 heteroatoms. The van der Waals surface area contributed by atoms with Crippen molar-refractivity contribution in [3.05, 3.63) is 29.1 Å². The van der Waals surface area contributed by atoms with Gasteiger partial charge in [-0.3, -0.25) is 4.68 Å². The van der Waals surface area contributed by atoms with Crippen LogP contribution >= 0.6 is 0 Å². The molecular weight excluding hydrogens is 236 g/mol. The van der Waals surface area contributed by atoms with Crippen LogP contribution in [0.4, 0.5) is 0 Å². The van der Waals surface area contributed by atoms with E-state index in [2.05, 4.69) is 43.5 Å². The monoisotopic (exact) mass is 262 g/mol. The van der Waals surface area contributed by atoms with Crippen LogP contribution in [0, 0.1) is 5.41 Å². The van der Waals surface area contributed by atoms with Gasteiger partial charge in [0.05, 0.1) is 11.8 Å². The second kappa shape index (κ2) is 5.49. The van der Waals surface area contributed by atoms with Crippen molar-refractivity contribution in [3.8, 4) is 0 Å². The van der Waals surface area contributed by atoms with E-state index in [1.54, 1.807) is 0 Å². The zero-order chi connectivity index (χ0) is 14.0. The molecule has 0 aliphatic heterocycles. The highest BCUT2D eigenvalue weighted by molar-refractivity contribution is 5.22. The fourth-order valence-corrected chi connectivity index (χ4v) is 3.10. The van der Waals surface area contributed by atoms with Gasteiger partial charge in [-0.1, -0.05) is 32.4 Å². The van der Waals surface area contributed by atoms with Gasteiger partial charge in [-0.2, -0.15) is 5.10 Å². The highest BCUT2D eigenvalue weighted by atomic mass is 16.3. The summed E-state index contributed by atoms with van der Waals surface area (Å²) in [6.45, 7) is 9.65. The van der Waals surface area contributed by atoms with E-state index in [4.69, 9.17) is 0 Å². The minimum absolute atomic E-state index is 0.203. The molecular formula is C16H26N2O. The van der Waals surface area contributed by atoms with Crippen molar-refractivity contribution >= 4 is 0 Å². The molecule has 2 rings (SSSR count). The maximum absolute atomic E-state index is 9.97. The van der Waals surface area contributed by atoms with Gasteiger partial charge in [0.15, 0.2) is 0 Å². The van der Waals surface area contributed by atoms with Gasteiger partial charge in [-0.05, 0) is 37.7 Å². The summed E-state index contributed by atoms with van der Waals surface area (Å²) >= 11 is 0. The normalized spacial score (nSPS) is 22.4. The van der Waals surface area contributed by atoms with Crippen molar-refractivity contribution in [1.29, 1.82) is 0 Å². The van der Waals surface area contributed by atoms with Crippen molar-refractivity contribution in [3.63, 3.8) is 0 Å². The maximum Gasteiger partial charge on any atom is 0.0728 e. The summed E-state index contributed by atoms with van der Waals surface area (Å²) in [5, 5.41) is 14.6. The number of hydrogen-bond acceptors (Lipinski definition) is 2. The molecule has 3 nitrogen and oxygen atoms in total. The molecule has 1 N–H and O–H groups in total. The average Bonchev–Trinajstić information content (AvgIpc) is 2.68. The summed E-state index contributed by atoms with van der Waals surface area (Å²) in [4.78, 5) is 0. The molecule has 1 aliphatic rings. The molecule has 106 valence electrons. The lowest BCUT2D eigenvalue weighted by Crippen LogP contribution is -2.25. The van der Waals surface area contributed by atoms with E-state index in [1.807, 2.05) is 6.08 Å². The molecule has 1 atom stereocenters. The summed E-state index contributed by atoms with van der Waals surface area (Å²) < 4.78 is 2.09. The van der Waals surface area contributed by atoms with Crippen molar-refractivity contribution in [2.75, 3.05) is 0 Å². The Morgan fingerprint density at radius 3 is 2.74 bits per heavy atom. The molecule has 0 amide bonds. The van der Waals surface area contributed by atoms with E-state index < -0.39 is 0 Å². The maximum atomic E-state index is 9.97. The van der Waals surface area contributed by atoms with Gasteiger partial charge < -0.3 is 5.11 Å². The van der Waals surface area contributed by atoms with Crippen LogP contribution in [0.1, 0.15) is 51.9 Å². The van der Waals surface area contributed by atoms with E-state index in [1.165, 1.54) is 11.3 Å². The molecule has 0 saturated carbocycles. The van der Waals surface area contributed by atoms with Crippen LogP contribution in [0.2, 0.25) is 0 Å². The van der Waals surface area contributed by atoms with E-state index in [0.29, 0.717) is 0 Å². The van der Waals surface area contributed by atoms with Crippen LogP contribution in [0.15, 0.2) is 17.7 Å². The van der Waals surface area contributed by atoms with Crippen LogP contribution in [0.3, 0.4) is 0 Å². The SMILES string of the molecule is CCc1cc(CC2=CC(O)CC(C)(C)C2)n(CC)n1. The van der Waals surface area contributed by atoms with Crippen LogP contribution in [0.25, 0.3) is 0 Å². The van der Waals surface area contributed by atoms with Gasteiger partial charge in [0, 0.05) is 18.7 Å². The summed E-state index contributed by atoms with van der Waals surface area (Å²) in [7, 11) is 0. The summed E-state index contributed by atoms with van der Waals surface area (Å²) in [5.41, 5.74) is 3.98. The smallest absolute Gasteiger partial charge is 0.0728 e. The van der Waals surface area contributed by atoms with E-state index in [0.717, 1.165) is 37.9 Å². The lowest BCUT2D eigenvalue weighted by atomic mass is 9.75. The van der Waals surface area contributed by atoms with Gasteiger partial charge in [0.1, 0.15) is 0 Å². The number of aromatic nitrogens is 2. The number of hydrogen-bond donors (Lipinski definition) is 1. The third-order valence-electron chi connectivity index (χ3n) is 3.88. The van der Waals surface area contributed by atoms with Crippen LogP contribution < -0.4 is 0 Å². The first kappa shape index (κ1) is 14.3. The highest BCUT2D eigenvalue weighted by Crippen LogP contribution is 2.36.